The van der Waals surface area contributed by atoms with E-state index in [1.807, 2.05) is 19.0 Å². The highest BCUT2D eigenvalue weighted by molar-refractivity contribution is 9.10. The Hall–Kier alpha value is -1.62. The quantitative estimate of drug-likeness (QED) is 0.802. The van der Waals surface area contributed by atoms with Crippen molar-refractivity contribution in [3.8, 4) is 0 Å². The molecule has 0 unspecified atom stereocenters. The minimum atomic E-state index is -0.354. The summed E-state index contributed by atoms with van der Waals surface area (Å²) >= 11 is 3.39. The first-order chi connectivity index (χ1) is 8.58. The van der Waals surface area contributed by atoms with E-state index in [9.17, 15) is 4.39 Å². The van der Waals surface area contributed by atoms with Crippen molar-refractivity contribution in [1.29, 1.82) is 0 Å². The Morgan fingerprint density at radius 2 is 2.06 bits per heavy atom. The fourth-order valence-corrected chi connectivity index (χ4v) is 2.10. The van der Waals surface area contributed by atoms with Crippen LogP contribution in [0.25, 0.3) is 0 Å². The van der Waals surface area contributed by atoms with E-state index in [0.717, 1.165) is 4.47 Å². The van der Waals surface area contributed by atoms with Gasteiger partial charge in [0.1, 0.15) is 11.6 Å². The SMILES string of the molecule is CN(C)c1oc(C=Nc2ccccc2F)cc1Br. The molecular weight excluding hydrogens is 299 g/mol. The van der Waals surface area contributed by atoms with Gasteiger partial charge in [-0.05, 0) is 28.1 Å². The predicted molar refractivity (Wildman–Crippen MR) is 74.4 cm³/mol. The molecule has 1 aromatic carbocycles. The van der Waals surface area contributed by atoms with Crippen LogP contribution in [0.4, 0.5) is 16.0 Å². The number of anilines is 1. The molecule has 0 atom stereocenters. The molecule has 0 saturated carbocycles. The summed E-state index contributed by atoms with van der Waals surface area (Å²) in [4.78, 5) is 5.89. The fourth-order valence-electron chi connectivity index (χ4n) is 1.43. The molecule has 2 rings (SSSR count). The van der Waals surface area contributed by atoms with Gasteiger partial charge in [-0.1, -0.05) is 12.1 Å². The summed E-state index contributed by atoms with van der Waals surface area (Å²) in [5.41, 5.74) is 0.288. The Kier molecular flexibility index (Phi) is 3.81. The van der Waals surface area contributed by atoms with Gasteiger partial charge in [-0.2, -0.15) is 0 Å². The number of rotatable bonds is 3. The molecule has 0 spiro atoms. The third kappa shape index (κ3) is 2.79. The van der Waals surface area contributed by atoms with Crippen molar-refractivity contribution in [3.63, 3.8) is 0 Å². The van der Waals surface area contributed by atoms with Crippen LogP contribution in [-0.2, 0) is 0 Å². The molecule has 0 saturated heterocycles. The van der Waals surface area contributed by atoms with Gasteiger partial charge in [0.05, 0.1) is 16.4 Å². The first-order valence-electron chi connectivity index (χ1n) is 5.33. The van der Waals surface area contributed by atoms with Crippen LogP contribution in [0.5, 0.6) is 0 Å². The van der Waals surface area contributed by atoms with Crippen LogP contribution in [0.3, 0.4) is 0 Å². The van der Waals surface area contributed by atoms with Crippen molar-refractivity contribution in [2.24, 2.45) is 4.99 Å². The van der Waals surface area contributed by atoms with Crippen LogP contribution in [0.1, 0.15) is 5.76 Å². The molecule has 1 heterocycles. The van der Waals surface area contributed by atoms with Gasteiger partial charge in [-0.3, -0.25) is 0 Å². The highest BCUT2D eigenvalue weighted by Crippen LogP contribution is 2.28. The number of benzene rings is 1. The summed E-state index contributed by atoms with van der Waals surface area (Å²) < 4.78 is 19.7. The smallest absolute Gasteiger partial charge is 0.210 e. The minimum Gasteiger partial charge on any atom is -0.438 e. The lowest BCUT2D eigenvalue weighted by atomic mass is 10.3. The van der Waals surface area contributed by atoms with Crippen molar-refractivity contribution in [2.75, 3.05) is 19.0 Å². The second-order valence-electron chi connectivity index (χ2n) is 3.91. The molecule has 0 aliphatic heterocycles. The number of hydrogen-bond acceptors (Lipinski definition) is 3. The van der Waals surface area contributed by atoms with Crippen LogP contribution in [0, 0.1) is 5.82 Å². The maximum atomic E-state index is 13.3. The number of hydrogen-bond donors (Lipinski definition) is 0. The number of halogens is 2. The first-order valence-corrected chi connectivity index (χ1v) is 6.12. The average Bonchev–Trinajstić information content (AvgIpc) is 2.70. The molecule has 94 valence electrons. The van der Waals surface area contributed by atoms with E-state index in [4.69, 9.17) is 4.42 Å². The van der Waals surface area contributed by atoms with E-state index in [1.165, 1.54) is 12.3 Å². The zero-order chi connectivity index (χ0) is 13.1. The second-order valence-corrected chi connectivity index (χ2v) is 4.76. The summed E-state index contributed by atoms with van der Waals surface area (Å²) in [6.45, 7) is 0. The molecule has 0 N–H and O–H groups in total. The zero-order valence-electron chi connectivity index (χ0n) is 10.0. The first kappa shape index (κ1) is 12.8. The summed E-state index contributed by atoms with van der Waals surface area (Å²) in [5, 5.41) is 0. The van der Waals surface area contributed by atoms with Gasteiger partial charge in [-0.15, -0.1) is 0 Å². The number of furan rings is 1. The lowest BCUT2D eigenvalue weighted by Gasteiger charge is -2.07. The molecule has 0 aliphatic rings. The van der Waals surface area contributed by atoms with Gasteiger partial charge in [0, 0.05) is 20.2 Å². The third-order valence-corrected chi connectivity index (χ3v) is 2.85. The minimum absolute atomic E-state index is 0.288. The second kappa shape index (κ2) is 5.35. The molecular formula is C13H12BrFN2O. The Bertz CT molecular complexity index is 578. The monoisotopic (exact) mass is 310 g/mol. The molecule has 18 heavy (non-hydrogen) atoms. The van der Waals surface area contributed by atoms with Crippen molar-refractivity contribution in [3.05, 3.63) is 46.4 Å². The van der Waals surface area contributed by atoms with Crippen LogP contribution < -0.4 is 4.90 Å². The van der Waals surface area contributed by atoms with Gasteiger partial charge in [0.15, 0.2) is 0 Å². The Morgan fingerprint density at radius 1 is 1.33 bits per heavy atom. The topological polar surface area (TPSA) is 28.7 Å². The van der Waals surface area contributed by atoms with Crippen molar-refractivity contribution < 1.29 is 8.81 Å². The number of nitrogens with zero attached hydrogens (tertiary/aromatic N) is 2. The number of para-hydroxylation sites is 1. The van der Waals surface area contributed by atoms with Crippen molar-refractivity contribution in [2.45, 2.75) is 0 Å². The number of aliphatic imine (C=N–C) groups is 1. The van der Waals surface area contributed by atoms with Gasteiger partial charge < -0.3 is 9.32 Å². The van der Waals surface area contributed by atoms with Crippen LogP contribution >= 0.6 is 15.9 Å². The summed E-state index contributed by atoms with van der Waals surface area (Å²) in [6.07, 6.45) is 1.50. The largest absolute Gasteiger partial charge is 0.438 e. The molecule has 0 bridgehead atoms. The lowest BCUT2D eigenvalue weighted by Crippen LogP contribution is -2.07. The van der Waals surface area contributed by atoms with Gasteiger partial charge in [0.25, 0.3) is 0 Å². The van der Waals surface area contributed by atoms with E-state index in [1.54, 1.807) is 24.3 Å². The zero-order valence-corrected chi connectivity index (χ0v) is 11.6. The van der Waals surface area contributed by atoms with Gasteiger partial charge >= 0.3 is 0 Å². The van der Waals surface area contributed by atoms with Crippen molar-refractivity contribution in [1.82, 2.24) is 0 Å². The van der Waals surface area contributed by atoms with E-state index >= 15 is 0 Å². The van der Waals surface area contributed by atoms with Crippen LogP contribution in [0.2, 0.25) is 0 Å². The average molecular weight is 311 g/mol. The Morgan fingerprint density at radius 3 is 2.67 bits per heavy atom. The maximum absolute atomic E-state index is 13.3. The molecule has 5 heteroatoms. The molecule has 0 radical (unpaired) electrons. The maximum Gasteiger partial charge on any atom is 0.210 e. The van der Waals surface area contributed by atoms with Gasteiger partial charge in [0.2, 0.25) is 5.88 Å². The van der Waals surface area contributed by atoms with E-state index in [0.29, 0.717) is 11.6 Å². The summed E-state index contributed by atoms with van der Waals surface area (Å²) in [5.74, 6) is 0.908. The van der Waals surface area contributed by atoms with E-state index in [-0.39, 0.29) is 11.5 Å². The van der Waals surface area contributed by atoms with Crippen LogP contribution in [0.15, 0.2) is 44.2 Å². The highest BCUT2D eigenvalue weighted by atomic mass is 79.9. The third-order valence-electron chi connectivity index (χ3n) is 2.28. The molecule has 1 aromatic heterocycles. The van der Waals surface area contributed by atoms with E-state index < -0.39 is 0 Å². The van der Waals surface area contributed by atoms with Gasteiger partial charge in [-0.25, -0.2) is 9.38 Å². The molecule has 3 nitrogen and oxygen atoms in total. The van der Waals surface area contributed by atoms with Crippen LogP contribution in [-0.4, -0.2) is 20.3 Å². The summed E-state index contributed by atoms with van der Waals surface area (Å²) in [7, 11) is 3.75. The molecule has 0 aliphatic carbocycles. The van der Waals surface area contributed by atoms with E-state index in [2.05, 4.69) is 20.9 Å². The fraction of sp³-hybridized carbons (Fsp3) is 0.154. The predicted octanol–water partition coefficient (Wildman–Crippen LogP) is 4.00. The molecule has 2 aromatic rings. The summed E-state index contributed by atoms with van der Waals surface area (Å²) in [6, 6.07) is 8.13. The van der Waals surface area contributed by atoms with Crippen molar-refractivity contribution >= 4 is 33.7 Å². The Balaban J connectivity index is 2.24. The standard InChI is InChI=1S/C13H12BrFN2O/c1-17(2)13-10(14)7-9(18-13)8-16-12-6-4-3-5-11(12)15/h3-8H,1-2H3. The molecule has 0 amide bonds. The normalized spacial score (nSPS) is 11.1. The lowest BCUT2D eigenvalue weighted by molar-refractivity contribution is 0.557. The Labute approximate surface area is 113 Å². The molecule has 0 fully saturated rings. The highest BCUT2D eigenvalue weighted by Gasteiger charge is 2.09.